The van der Waals surface area contributed by atoms with Crippen LogP contribution in [0.15, 0.2) is 0 Å². The van der Waals surface area contributed by atoms with Gasteiger partial charge in [-0.2, -0.15) is 0 Å². The zero-order chi connectivity index (χ0) is 14.0. The zero-order valence-electron chi connectivity index (χ0n) is 13.4. The molecule has 1 spiro atoms. The number of rotatable bonds is 3. The summed E-state index contributed by atoms with van der Waals surface area (Å²) in [6.45, 7) is 8.13. The van der Waals surface area contributed by atoms with Crippen LogP contribution in [0.5, 0.6) is 0 Å². The number of hydrogen-bond donors (Lipinski definition) is 1. The summed E-state index contributed by atoms with van der Waals surface area (Å²) in [6, 6.07) is 1.28. The number of ether oxygens (including phenoxy) is 1. The van der Waals surface area contributed by atoms with E-state index in [1.54, 1.807) is 0 Å². The van der Waals surface area contributed by atoms with Crippen LogP contribution in [0.3, 0.4) is 0 Å². The summed E-state index contributed by atoms with van der Waals surface area (Å²) in [5.41, 5.74) is 0.413. The fourth-order valence-electron chi connectivity index (χ4n) is 4.60. The quantitative estimate of drug-likeness (QED) is 0.860. The van der Waals surface area contributed by atoms with Gasteiger partial charge in [-0.25, -0.2) is 0 Å². The van der Waals surface area contributed by atoms with E-state index < -0.39 is 0 Å². The van der Waals surface area contributed by atoms with Crippen LogP contribution in [0.1, 0.15) is 65.2 Å². The molecule has 3 rings (SSSR count). The molecule has 0 amide bonds. The van der Waals surface area contributed by atoms with E-state index in [0.29, 0.717) is 23.7 Å². The highest BCUT2D eigenvalue weighted by atomic mass is 16.5. The Morgan fingerprint density at radius 3 is 2.70 bits per heavy atom. The Morgan fingerprint density at radius 1 is 1.25 bits per heavy atom. The smallest absolute Gasteiger partial charge is 0.0728 e. The molecule has 116 valence electrons. The van der Waals surface area contributed by atoms with Gasteiger partial charge in [0.1, 0.15) is 0 Å². The Kier molecular flexibility index (Phi) is 4.68. The van der Waals surface area contributed by atoms with Crippen LogP contribution in [0.25, 0.3) is 0 Å². The summed E-state index contributed by atoms with van der Waals surface area (Å²) in [7, 11) is 0. The summed E-state index contributed by atoms with van der Waals surface area (Å²) >= 11 is 0. The highest BCUT2D eigenvalue weighted by molar-refractivity contribution is 5.01. The van der Waals surface area contributed by atoms with Gasteiger partial charge in [-0.15, -0.1) is 0 Å². The summed E-state index contributed by atoms with van der Waals surface area (Å²) in [5, 5.41) is 3.93. The van der Waals surface area contributed by atoms with E-state index in [-0.39, 0.29) is 0 Å². The Morgan fingerprint density at radius 2 is 2.05 bits per heavy atom. The lowest BCUT2D eigenvalue weighted by Crippen LogP contribution is -2.67. The SMILES string of the molecule is CCC1CNC2(CCCCC2)CN1C(C)C1CCCO1. The van der Waals surface area contributed by atoms with Gasteiger partial charge in [0.2, 0.25) is 0 Å². The molecular formula is C17H32N2O. The maximum absolute atomic E-state index is 5.97. The molecule has 3 aliphatic rings. The number of hydrogen-bond acceptors (Lipinski definition) is 3. The molecule has 3 atom stereocenters. The Bertz CT molecular complexity index is 308. The van der Waals surface area contributed by atoms with Crippen LogP contribution < -0.4 is 5.32 Å². The predicted molar refractivity (Wildman–Crippen MR) is 83.0 cm³/mol. The van der Waals surface area contributed by atoms with Crippen molar-refractivity contribution in [2.24, 2.45) is 0 Å². The Labute approximate surface area is 124 Å². The van der Waals surface area contributed by atoms with Gasteiger partial charge in [-0.05, 0) is 39.0 Å². The molecule has 0 aromatic rings. The third-order valence-electron chi connectivity index (χ3n) is 5.97. The molecule has 1 N–H and O–H groups in total. The molecule has 0 aromatic heterocycles. The van der Waals surface area contributed by atoms with Gasteiger partial charge in [0.25, 0.3) is 0 Å². The fraction of sp³-hybridized carbons (Fsp3) is 1.00. The van der Waals surface area contributed by atoms with Gasteiger partial charge in [-0.1, -0.05) is 26.2 Å². The first-order chi connectivity index (χ1) is 9.74. The van der Waals surface area contributed by atoms with Gasteiger partial charge in [0.15, 0.2) is 0 Å². The molecule has 2 aliphatic heterocycles. The van der Waals surface area contributed by atoms with Crippen molar-refractivity contribution >= 4 is 0 Å². The molecule has 2 heterocycles. The van der Waals surface area contributed by atoms with Crippen LogP contribution in [-0.4, -0.2) is 48.3 Å². The largest absolute Gasteiger partial charge is 0.377 e. The summed E-state index contributed by atoms with van der Waals surface area (Å²) < 4.78 is 5.97. The minimum Gasteiger partial charge on any atom is -0.377 e. The summed E-state index contributed by atoms with van der Waals surface area (Å²) in [4.78, 5) is 2.79. The van der Waals surface area contributed by atoms with Crippen molar-refractivity contribution in [3.05, 3.63) is 0 Å². The van der Waals surface area contributed by atoms with Crippen LogP contribution in [0.4, 0.5) is 0 Å². The van der Waals surface area contributed by atoms with E-state index >= 15 is 0 Å². The second-order valence-electron chi connectivity index (χ2n) is 7.25. The molecule has 0 radical (unpaired) electrons. The minimum absolute atomic E-state index is 0.413. The van der Waals surface area contributed by atoms with Crippen molar-refractivity contribution in [1.29, 1.82) is 0 Å². The van der Waals surface area contributed by atoms with Gasteiger partial charge in [0, 0.05) is 37.3 Å². The van der Waals surface area contributed by atoms with Crippen molar-refractivity contribution in [2.45, 2.75) is 88.9 Å². The standard InChI is InChI=1S/C17H32N2O/c1-3-15-12-18-17(9-5-4-6-10-17)13-19(15)14(2)16-8-7-11-20-16/h14-16,18H,3-13H2,1-2H3. The molecule has 0 bridgehead atoms. The molecule has 20 heavy (non-hydrogen) atoms. The molecule has 3 heteroatoms. The van der Waals surface area contributed by atoms with Crippen molar-refractivity contribution in [3.8, 4) is 0 Å². The Hall–Kier alpha value is -0.120. The number of nitrogens with one attached hydrogen (secondary N) is 1. The first-order valence-electron chi connectivity index (χ1n) is 8.86. The maximum atomic E-state index is 5.97. The molecule has 0 aromatic carbocycles. The highest BCUT2D eigenvalue weighted by Crippen LogP contribution is 2.34. The normalized spacial score (nSPS) is 36.3. The highest BCUT2D eigenvalue weighted by Gasteiger charge is 2.42. The summed E-state index contributed by atoms with van der Waals surface area (Å²) in [5.74, 6) is 0. The maximum Gasteiger partial charge on any atom is 0.0728 e. The monoisotopic (exact) mass is 280 g/mol. The van der Waals surface area contributed by atoms with E-state index in [9.17, 15) is 0 Å². The van der Waals surface area contributed by atoms with E-state index in [1.807, 2.05) is 0 Å². The first kappa shape index (κ1) is 14.8. The topological polar surface area (TPSA) is 24.5 Å². The van der Waals surface area contributed by atoms with Crippen molar-refractivity contribution in [3.63, 3.8) is 0 Å². The molecule has 3 nitrogen and oxygen atoms in total. The van der Waals surface area contributed by atoms with Gasteiger partial charge in [-0.3, -0.25) is 4.90 Å². The lowest BCUT2D eigenvalue weighted by atomic mass is 9.78. The van der Waals surface area contributed by atoms with Gasteiger partial charge < -0.3 is 10.1 Å². The molecule has 1 saturated carbocycles. The zero-order valence-corrected chi connectivity index (χ0v) is 13.4. The lowest BCUT2D eigenvalue weighted by molar-refractivity contribution is -0.0292. The average molecular weight is 280 g/mol. The van der Waals surface area contributed by atoms with Gasteiger partial charge >= 0.3 is 0 Å². The Balaban J connectivity index is 1.70. The van der Waals surface area contributed by atoms with Crippen LogP contribution in [0, 0.1) is 0 Å². The molecule has 3 unspecified atom stereocenters. The fourth-order valence-corrected chi connectivity index (χ4v) is 4.60. The van der Waals surface area contributed by atoms with Crippen molar-refractivity contribution in [2.75, 3.05) is 19.7 Å². The van der Waals surface area contributed by atoms with E-state index in [2.05, 4.69) is 24.1 Å². The minimum atomic E-state index is 0.413. The van der Waals surface area contributed by atoms with Crippen LogP contribution in [0.2, 0.25) is 0 Å². The first-order valence-corrected chi connectivity index (χ1v) is 8.86. The van der Waals surface area contributed by atoms with E-state index in [0.717, 1.165) is 6.61 Å². The van der Waals surface area contributed by atoms with Crippen LogP contribution in [-0.2, 0) is 4.74 Å². The number of piperazine rings is 1. The van der Waals surface area contributed by atoms with E-state index in [4.69, 9.17) is 4.74 Å². The molecule has 2 saturated heterocycles. The molecule has 3 fully saturated rings. The summed E-state index contributed by atoms with van der Waals surface area (Å²) in [6.07, 6.45) is 11.2. The lowest BCUT2D eigenvalue weighted by Gasteiger charge is -2.52. The third-order valence-corrected chi connectivity index (χ3v) is 5.97. The molecule has 1 aliphatic carbocycles. The van der Waals surface area contributed by atoms with Crippen molar-refractivity contribution in [1.82, 2.24) is 10.2 Å². The van der Waals surface area contributed by atoms with Crippen molar-refractivity contribution < 1.29 is 4.74 Å². The second-order valence-corrected chi connectivity index (χ2v) is 7.25. The predicted octanol–water partition coefficient (Wildman–Crippen LogP) is 2.94. The van der Waals surface area contributed by atoms with Crippen LogP contribution >= 0.6 is 0 Å². The average Bonchev–Trinajstić information content (AvgIpc) is 3.01. The second kappa shape index (κ2) is 6.33. The third kappa shape index (κ3) is 2.90. The molecular weight excluding hydrogens is 248 g/mol. The van der Waals surface area contributed by atoms with Gasteiger partial charge in [0.05, 0.1) is 6.10 Å². The number of nitrogens with zero attached hydrogens (tertiary/aromatic N) is 1. The van der Waals surface area contributed by atoms with E-state index in [1.165, 1.54) is 64.5 Å².